The van der Waals surface area contributed by atoms with Crippen molar-refractivity contribution >= 4 is 5.91 Å². The fraction of sp³-hybridized carbons (Fsp3) is 0.632. The number of nitrogens with zero attached hydrogens (tertiary/aromatic N) is 1. The third kappa shape index (κ3) is 3.78. The quantitative estimate of drug-likeness (QED) is 0.813. The lowest BCUT2D eigenvalue weighted by molar-refractivity contribution is -0.126. The second-order valence-electron chi connectivity index (χ2n) is 6.83. The van der Waals surface area contributed by atoms with Gasteiger partial charge in [-0.05, 0) is 31.9 Å². The van der Waals surface area contributed by atoms with E-state index >= 15 is 0 Å². The molecule has 1 aliphatic heterocycles. The second-order valence-corrected chi connectivity index (χ2v) is 6.83. The predicted octanol–water partition coefficient (Wildman–Crippen LogP) is 2.48. The minimum atomic E-state index is -0.676. The van der Waals surface area contributed by atoms with Crippen LogP contribution < -0.4 is 5.32 Å². The number of carbonyl (C=O) groups is 1. The van der Waals surface area contributed by atoms with Crippen LogP contribution >= 0.6 is 0 Å². The number of morpholine rings is 1. The van der Waals surface area contributed by atoms with Crippen LogP contribution in [0, 0.1) is 5.82 Å². The average molecular weight is 334 g/mol. The Labute approximate surface area is 143 Å². The van der Waals surface area contributed by atoms with E-state index in [-0.39, 0.29) is 11.7 Å². The van der Waals surface area contributed by atoms with Crippen molar-refractivity contribution in [3.63, 3.8) is 0 Å². The lowest BCUT2D eigenvalue weighted by Gasteiger charge is -2.29. The number of hydrogen-bond acceptors (Lipinski definition) is 3. The van der Waals surface area contributed by atoms with Gasteiger partial charge in [-0.3, -0.25) is 9.69 Å². The third-order valence-corrected chi connectivity index (χ3v) is 5.32. The highest BCUT2D eigenvalue weighted by atomic mass is 19.1. The van der Waals surface area contributed by atoms with E-state index in [1.54, 1.807) is 12.1 Å². The number of hydrogen-bond donors (Lipinski definition) is 1. The topological polar surface area (TPSA) is 41.6 Å². The smallest absolute Gasteiger partial charge is 0.230 e. The second kappa shape index (κ2) is 8.08. The van der Waals surface area contributed by atoms with Crippen LogP contribution in [-0.2, 0) is 14.9 Å². The lowest BCUT2D eigenvalue weighted by atomic mass is 9.77. The molecule has 1 saturated carbocycles. The molecule has 1 aromatic carbocycles. The number of benzene rings is 1. The van der Waals surface area contributed by atoms with Crippen molar-refractivity contribution in [2.45, 2.75) is 37.5 Å². The van der Waals surface area contributed by atoms with Gasteiger partial charge < -0.3 is 10.1 Å². The summed E-state index contributed by atoms with van der Waals surface area (Å²) in [5.41, 5.74) is -0.113. The maximum Gasteiger partial charge on any atom is 0.230 e. The molecule has 2 aliphatic rings. The van der Waals surface area contributed by atoms with Crippen LogP contribution in [0.2, 0.25) is 0 Å². The Bertz CT molecular complexity index is 552. The zero-order valence-corrected chi connectivity index (χ0v) is 14.2. The fourth-order valence-electron chi connectivity index (χ4n) is 3.95. The Balaban J connectivity index is 1.56. The third-order valence-electron chi connectivity index (χ3n) is 5.32. The Morgan fingerprint density at radius 1 is 1.21 bits per heavy atom. The van der Waals surface area contributed by atoms with Crippen molar-refractivity contribution in [1.29, 1.82) is 0 Å². The number of halogens is 1. The molecule has 1 saturated heterocycles. The molecule has 0 unspecified atom stereocenters. The SMILES string of the molecule is O=C(NCCCN1CCOCC1)C1(c2ccccc2F)CCCC1. The summed E-state index contributed by atoms with van der Waals surface area (Å²) < 4.78 is 19.6. The first kappa shape index (κ1) is 17.4. The van der Waals surface area contributed by atoms with E-state index in [0.717, 1.165) is 65.0 Å². The molecule has 0 bridgehead atoms. The molecule has 2 fully saturated rings. The maximum atomic E-state index is 14.3. The Hall–Kier alpha value is -1.46. The molecule has 132 valence electrons. The van der Waals surface area contributed by atoms with Gasteiger partial charge in [0.15, 0.2) is 0 Å². The Morgan fingerprint density at radius 3 is 2.62 bits per heavy atom. The van der Waals surface area contributed by atoms with Gasteiger partial charge in [0.05, 0.1) is 18.6 Å². The molecule has 1 N–H and O–H groups in total. The number of ether oxygens (including phenoxy) is 1. The molecule has 0 atom stereocenters. The van der Waals surface area contributed by atoms with Crippen LogP contribution in [0.25, 0.3) is 0 Å². The normalized spacial score (nSPS) is 20.9. The van der Waals surface area contributed by atoms with E-state index in [1.165, 1.54) is 6.07 Å². The van der Waals surface area contributed by atoms with E-state index in [9.17, 15) is 9.18 Å². The van der Waals surface area contributed by atoms with Crippen molar-refractivity contribution < 1.29 is 13.9 Å². The Kier molecular flexibility index (Phi) is 5.85. The zero-order chi connectivity index (χ0) is 16.8. The fourth-order valence-corrected chi connectivity index (χ4v) is 3.95. The molecular weight excluding hydrogens is 307 g/mol. The minimum absolute atomic E-state index is 0.00734. The minimum Gasteiger partial charge on any atom is -0.379 e. The van der Waals surface area contributed by atoms with Crippen LogP contribution in [0.4, 0.5) is 4.39 Å². The monoisotopic (exact) mass is 334 g/mol. The highest BCUT2D eigenvalue weighted by Gasteiger charge is 2.44. The maximum absolute atomic E-state index is 14.3. The van der Waals surface area contributed by atoms with E-state index < -0.39 is 5.41 Å². The highest BCUT2D eigenvalue weighted by Crippen LogP contribution is 2.42. The number of carbonyl (C=O) groups excluding carboxylic acids is 1. The first-order valence-corrected chi connectivity index (χ1v) is 9.06. The summed E-state index contributed by atoms with van der Waals surface area (Å²) in [5.74, 6) is -0.269. The molecule has 0 spiro atoms. The van der Waals surface area contributed by atoms with Crippen molar-refractivity contribution in [1.82, 2.24) is 10.2 Å². The van der Waals surface area contributed by atoms with Crippen molar-refractivity contribution in [2.75, 3.05) is 39.4 Å². The summed E-state index contributed by atoms with van der Waals surface area (Å²) in [7, 11) is 0. The summed E-state index contributed by atoms with van der Waals surface area (Å²) >= 11 is 0. The largest absolute Gasteiger partial charge is 0.379 e. The van der Waals surface area contributed by atoms with Gasteiger partial charge >= 0.3 is 0 Å². The van der Waals surface area contributed by atoms with Gasteiger partial charge in [-0.1, -0.05) is 31.0 Å². The van der Waals surface area contributed by atoms with Gasteiger partial charge in [0.2, 0.25) is 5.91 Å². The summed E-state index contributed by atoms with van der Waals surface area (Å²) in [5, 5.41) is 3.07. The molecule has 1 heterocycles. The van der Waals surface area contributed by atoms with Crippen LogP contribution in [0.15, 0.2) is 24.3 Å². The van der Waals surface area contributed by atoms with Crippen LogP contribution in [0.5, 0.6) is 0 Å². The summed E-state index contributed by atoms with van der Waals surface area (Å²) in [6.07, 6.45) is 4.36. The summed E-state index contributed by atoms with van der Waals surface area (Å²) in [6, 6.07) is 6.74. The molecule has 0 aromatic heterocycles. The van der Waals surface area contributed by atoms with E-state index in [4.69, 9.17) is 4.74 Å². The number of rotatable bonds is 6. The molecule has 4 nitrogen and oxygen atoms in total. The van der Waals surface area contributed by atoms with Crippen LogP contribution in [0.1, 0.15) is 37.7 Å². The predicted molar refractivity (Wildman–Crippen MR) is 91.4 cm³/mol. The molecule has 24 heavy (non-hydrogen) atoms. The average Bonchev–Trinajstić information content (AvgIpc) is 3.11. The van der Waals surface area contributed by atoms with Gasteiger partial charge in [-0.2, -0.15) is 0 Å². The van der Waals surface area contributed by atoms with E-state index in [1.807, 2.05) is 6.07 Å². The van der Waals surface area contributed by atoms with Crippen LogP contribution in [-0.4, -0.2) is 50.2 Å². The van der Waals surface area contributed by atoms with E-state index in [0.29, 0.717) is 12.1 Å². The van der Waals surface area contributed by atoms with Crippen molar-refractivity contribution in [3.05, 3.63) is 35.6 Å². The molecule has 1 aliphatic carbocycles. The summed E-state index contributed by atoms with van der Waals surface area (Å²) in [4.78, 5) is 15.2. The lowest BCUT2D eigenvalue weighted by Crippen LogP contribution is -2.44. The number of nitrogens with one attached hydrogen (secondary N) is 1. The van der Waals surface area contributed by atoms with Crippen molar-refractivity contribution in [2.24, 2.45) is 0 Å². The first-order valence-electron chi connectivity index (χ1n) is 9.06. The molecule has 5 heteroatoms. The molecule has 0 radical (unpaired) electrons. The Morgan fingerprint density at radius 2 is 1.92 bits per heavy atom. The summed E-state index contributed by atoms with van der Waals surface area (Å²) in [6.45, 7) is 5.13. The van der Waals surface area contributed by atoms with Crippen LogP contribution in [0.3, 0.4) is 0 Å². The molecule has 3 rings (SSSR count). The van der Waals surface area contributed by atoms with Gasteiger partial charge in [0.1, 0.15) is 5.82 Å². The molecule has 1 aromatic rings. The van der Waals surface area contributed by atoms with Crippen molar-refractivity contribution in [3.8, 4) is 0 Å². The van der Waals surface area contributed by atoms with E-state index in [2.05, 4.69) is 10.2 Å². The standard InChI is InChI=1S/C19H27FN2O2/c20-17-7-2-1-6-16(17)19(8-3-4-9-19)18(23)21-10-5-11-22-12-14-24-15-13-22/h1-2,6-7H,3-5,8-15H2,(H,21,23). The van der Waals surface area contributed by atoms with Gasteiger partial charge in [-0.15, -0.1) is 0 Å². The molecule has 1 amide bonds. The first-order chi connectivity index (χ1) is 11.7. The highest BCUT2D eigenvalue weighted by molar-refractivity contribution is 5.88. The van der Waals surface area contributed by atoms with Gasteiger partial charge in [-0.25, -0.2) is 4.39 Å². The molecular formula is C19H27FN2O2. The van der Waals surface area contributed by atoms with Gasteiger partial charge in [0.25, 0.3) is 0 Å². The number of amides is 1. The van der Waals surface area contributed by atoms with Gasteiger partial charge in [0, 0.05) is 25.2 Å². The zero-order valence-electron chi connectivity index (χ0n) is 14.2.